The molecule has 0 amide bonds. The molecule has 87 heavy (non-hydrogen) atoms. The predicted molar refractivity (Wildman–Crippen MR) is 372 cm³/mol. The lowest BCUT2D eigenvalue weighted by molar-refractivity contribution is -0.870. The monoisotopic (exact) mass is 1200 g/mol. The first-order valence-electron chi connectivity index (χ1n) is 33.6. The fourth-order valence-corrected chi connectivity index (χ4v) is 8.28. The number of carbonyl (C=O) groups excluding carboxylic acids is 2. The summed E-state index contributed by atoms with van der Waals surface area (Å²) in [7, 11) is 5.94. The summed E-state index contributed by atoms with van der Waals surface area (Å²) in [5.74, 6) is -2.09. The van der Waals surface area contributed by atoms with Gasteiger partial charge in [-0.1, -0.05) is 260 Å². The number of nitrogens with zero attached hydrogens (tertiary/aromatic N) is 1. The molecule has 1 N–H and O–H groups in total. The number of rotatable bonds is 59. The fraction of sp³-hybridized carbons (Fsp3) is 0.551. The molecule has 0 rings (SSSR count). The molecular weight excluding hydrogens is 1080 g/mol. The van der Waals surface area contributed by atoms with Crippen molar-refractivity contribution in [2.24, 2.45) is 0 Å². The van der Waals surface area contributed by atoms with Crippen molar-refractivity contribution in [2.75, 3.05) is 47.5 Å². The molecule has 0 spiro atoms. The molecule has 0 aromatic heterocycles. The molecule has 0 aromatic carbocycles. The van der Waals surface area contributed by atoms with Crippen LogP contribution in [-0.4, -0.2) is 87.4 Å². The average Bonchev–Trinajstić information content (AvgIpc) is 3.55. The number of esters is 2. The topological polar surface area (TPSA) is 108 Å². The van der Waals surface area contributed by atoms with Gasteiger partial charge >= 0.3 is 17.9 Å². The van der Waals surface area contributed by atoms with Crippen molar-refractivity contribution in [1.82, 2.24) is 0 Å². The van der Waals surface area contributed by atoms with Crippen LogP contribution >= 0.6 is 0 Å². The molecule has 2 atom stereocenters. The molecule has 9 nitrogen and oxygen atoms in total. The largest absolute Gasteiger partial charge is 0.477 e. The van der Waals surface area contributed by atoms with E-state index in [1.54, 1.807) is 0 Å². The summed E-state index contributed by atoms with van der Waals surface area (Å²) >= 11 is 0. The number of carbonyl (C=O) groups is 3. The summed E-state index contributed by atoms with van der Waals surface area (Å²) in [6, 6.07) is 0. The van der Waals surface area contributed by atoms with E-state index in [1.165, 1.54) is 38.5 Å². The number of unbranched alkanes of at least 4 members (excludes halogenated alkanes) is 12. The number of carboxylic acids is 1. The fourth-order valence-electron chi connectivity index (χ4n) is 8.28. The van der Waals surface area contributed by atoms with Crippen LogP contribution in [0.15, 0.2) is 194 Å². The third kappa shape index (κ3) is 67.5. The maximum absolute atomic E-state index is 12.9. The highest BCUT2D eigenvalue weighted by atomic mass is 16.7. The average molecular weight is 1200 g/mol. The quantitative estimate of drug-likeness (QED) is 0.0211. The Kier molecular flexibility index (Phi) is 61.6. The van der Waals surface area contributed by atoms with E-state index in [0.717, 1.165) is 148 Å². The van der Waals surface area contributed by atoms with Crippen molar-refractivity contribution in [3.05, 3.63) is 194 Å². The first-order chi connectivity index (χ1) is 42.6. The van der Waals surface area contributed by atoms with Crippen LogP contribution < -0.4 is 0 Å². The van der Waals surface area contributed by atoms with Gasteiger partial charge in [-0.25, -0.2) is 4.79 Å². The summed E-state index contributed by atoms with van der Waals surface area (Å²) in [6.45, 7) is 4.57. The molecule has 9 heteroatoms. The Balaban J connectivity index is 4.31. The number of hydrogen-bond donors (Lipinski definition) is 1. The first kappa shape index (κ1) is 81.1. The van der Waals surface area contributed by atoms with Gasteiger partial charge in [-0.05, 0) is 141 Å². The predicted octanol–water partition coefficient (Wildman–Crippen LogP) is 21.0. The maximum atomic E-state index is 12.9. The molecule has 0 radical (unpaired) electrons. The van der Waals surface area contributed by atoms with Gasteiger partial charge < -0.3 is 28.5 Å². The maximum Gasteiger partial charge on any atom is 0.361 e. The van der Waals surface area contributed by atoms with Crippen molar-refractivity contribution in [2.45, 2.75) is 232 Å². The highest BCUT2D eigenvalue weighted by Gasteiger charge is 2.25. The third-order valence-corrected chi connectivity index (χ3v) is 13.3. The zero-order valence-electron chi connectivity index (χ0n) is 55.3. The molecular formula is C78H122NO8+. The van der Waals surface area contributed by atoms with Gasteiger partial charge in [-0.3, -0.25) is 9.59 Å². The van der Waals surface area contributed by atoms with Crippen molar-refractivity contribution in [1.29, 1.82) is 0 Å². The second-order valence-corrected chi connectivity index (χ2v) is 22.7. The lowest BCUT2D eigenvalue weighted by Gasteiger charge is -2.25. The third-order valence-electron chi connectivity index (χ3n) is 13.3. The van der Waals surface area contributed by atoms with Crippen LogP contribution in [0.25, 0.3) is 0 Å². The zero-order valence-corrected chi connectivity index (χ0v) is 55.3. The Bertz CT molecular complexity index is 2130. The second-order valence-electron chi connectivity index (χ2n) is 22.7. The number of likely N-dealkylation sites (N-methyl/N-ethyl adjacent to an activating group) is 1. The molecule has 0 fully saturated rings. The Hall–Kier alpha value is -5.87. The molecule has 0 saturated heterocycles. The summed E-state index contributed by atoms with van der Waals surface area (Å²) < 4.78 is 22.9. The molecule has 0 heterocycles. The molecule has 0 aliphatic carbocycles. The van der Waals surface area contributed by atoms with E-state index in [4.69, 9.17) is 18.9 Å². The smallest absolute Gasteiger partial charge is 0.361 e. The summed E-state index contributed by atoms with van der Waals surface area (Å²) in [5.41, 5.74) is 0. The number of quaternary nitrogens is 1. The summed E-state index contributed by atoms with van der Waals surface area (Å²) in [6.07, 6.45) is 99.6. The molecule has 2 unspecified atom stereocenters. The standard InChI is InChI=1S/C78H121NO8/c1-6-8-10-12-14-16-18-20-22-24-26-28-30-31-32-33-34-35-36-37-38-39-40-41-42-43-44-45-47-49-51-53-55-57-59-61-63-65-67-69-76(81)87-74(73-86-78(77(82)83)84-71-70-79(3,4)5)72-85-75(80)68-66-64-62-60-58-56-54-52-50-48-46-29-27-25-23-21-19-17-15-13-11-9-7-2/h8-11,14-17,20-23,26-29,31-32,34-35,37-38,40-41,43-44,47,49,53,55,59,61,74,78H,6-7,12-13,18-19,24-25,30,33,36,39,42,45-46,48,50-52,54,56-58,60,62-73H2,1-5H3/p+1/b10-8-,11-9-,16-14-,17-15-,22-20-,23-21-,28-26-,29-27-,32-31-,35-34-,38-37-,41-40-,44-43-,49-47-,55-53-,61-59-. The molecule has 0 aliphatic rings. The van der Waals surface area contributed by atoms with E-state index < -0.39 is 24.3 Å². The van der Waals surface area contributed by atoms with Gasteiger partial charge in [0.15, 0.2) is 6.10 Å². The minimum absolute atomic E-state index is 0.167. The first-order valence-corrected chi connectivity index (χ1v) is 33.6. The lowest BCUT2D eigenvalue weighted by Crippen LogP contribution is -2.40. The van der Waals surface area contributed by atoms with Crippen molar-refractivity contribution in [3.63, 3.8) is 0 Å². The van der Waals surface area contributed by atoms with Crippen LogP contribution in [0.3, 0.4) is 0 Å². The highest BCUT2D eigenvalue weighted by molar-refractivity contribution is 5.71. The van der Waals surface area contributed by atoms with Gasteiger partial charge in [-0.2, -0.15) is 0 Å². The Morgan fingerprint density at radius 3 is 0.943 bits per heavy atom. The zero-order chi connectivity index (χ0) is 63.3. The molecule has 0 bridgehead atoms. The highest BCUT2D eigenvalue weighted by Crippen LogP contribution is 2.14. The molecule has 486 valence electrons. The van der Waals surface area contributed by atoms with Crippen LogP contribution in [0.4, 0.5) is 0 Å². The number of aliphatic carboxylic acids is 1. The van der Waals surface area contributed by atoms with E-state index in [1.807, 2.05) is 21.1 Å². The Labute approximate surface area is 532 Å². The van der Waals surface area contributed by atoms with Crippen LogP contribution in [0.5, 0.6) is 0 Å². The SMILES string of the molecule is CC/C=C\C/C=C\C/C=C\C/C=C\C/C=C\C/C=C\C/C=C\C/C=C\C/C=C\C/C=C\C/C=C\C/C=C\CCCCC(=O)OC(COC(=O)CCCCCCCCCCCC/C=C\C/C=C\C/C=C\C/C=C\CC)COC(OCC[N+](C)(C)C)C(=O)O. The minimum atomic E-state index is -1.54. The second kappa shape index (κ2) is 66.1. The van der Waals surface area contributed by atoms with E-state index in [9.17, 15) is 19.5 Å². The van der Waals surface area contributed by atoms with Gasteiger partial charge in [0.25, 0.3) is 6.29 Å². The molecule has 0 saturated carbocycles. The van der Waals surface area contributed by atoms with Crippen molar-refractivity contribution >= 4 is 17.9 Å². The Morgan fingerprint density at radius 2 is 0.621 bits per heavy atom. The van der Waals surface area contributed by atoms with E-state index in [0.29, 0.717) is 17.4 Å². The van der Waals surface area contributed by atoms with Crippen LogP contribution in [0.2, 0.25) is 0 Å². The van der Waals surface area contributed by atoms with Gasteiger partial charge in [0.1, 0.15) is 13.2 Å². The number of carboxylic acid groups (broad SMARTS) is 1. The van der Waals surface area contributed by atoms with Gasteiger partial charge in [0.05, 0.1) is 34.4 Å². The van der Waals surface area contributed by atoms with E-state index in [-0.39, 0.29) is 38.6 Å². The van der Waals surface area contributed by atoms with Crippen LogP contribution in [-0.2, 0) is 33.3 Å². The number of ether oxygens (including phenoxy) is 4. The van der Waals surface area contributed by atoms with E-state index >= 15 is 0 Å². The van der Waals surface area contributed by atoms with Crippen molar-refractivity contribution < 1.29 is 42.9 Å². The van der Waals surface area contributed by atoms with Crippen molar-refractivity contribution in [3.8, 4) is 0 Å². The van der Waals surface area contributed by atoms with Gasteiger partial charge in [0.2, 0.25) is 0 Å². The minimum Gasteiger partial charge on any atom is -0.477 e. The normalized spacial score (nSPS) is 14.0. The lowest BCUT2D eigenvalue weighted by atomic mass is 10.1. The van der Waals surface area contributed by atoms with Gasteiger partial charge in [0, 0.05) is 12.8 Å². The molecule has 0 aliphatic heterocycles. The van der Waals surface area contributed by atoms with Gasteiger partial charge in [-0.15, -0.1) is 0 Å². The number of hydrogen-bond acceptors (Lipinski definition) is 7. The molecule has 0 aromatic rings. The number of allylic oxidation sites excluding steroid dienone is 32. The Morgan fingerprint density at radius 1 is 0.345 bits per heavy atom. The van der Waals surface area contributed by atoms with E-state index in [2.05, 4.69) is 208 Å². The van der Waals surface area contributed by atoms with Crippen LogP contribution in [0.1, 0.15) is 219 Å². The summed E-state index contributed by atoms with van der Waals surface area (Å²) in [5, 5.41) is 9.73. The summed E-state index contributed by atoms with van der Waals surface area (Å²) in [4.78, 5) is 37.5. The van der Waals surface area contributed by atoms with Crippen LogP contribution in [0, 0.1) is 0 Å².